The maximum absolute atomic E-state index is 11.5. The monoisotopic (exact) mass is 260 g/mol. The van der Waals surface area contributed by atoms with Gasteiger partial charge in [-0.15, -0.1) is 0 Å². The molecule has 102 valence electrons. The van der Waals surface area contributed by atoms with E-state index in [9.17, 15) is 9.90 Å². The number of carbonyl (C=O) groups excluding carboxylic acids is 1. The zero-order chi connectivity index (χ0) is 13.7. The van der Waals surface area contributed by atoms with Crippen LogP contribution in [-0.2, 0) is 16.0 Å². The topological polar surface area (TPSA) is 46.5 Å². The lowest BCUT2D eigenvalue weighted by Crippen LogP contribution is -2.38. The van der Waals surface area contributed by atoms with Crippen molar-refractivity contribution < 1.29 is 14.6 Å². The molecule has 0 bridgehead atoms. The van der Waals surface area contributed by atoms with Crippen molar-refractivity contribution in [2.24, 2.45) is 0 Å². The molecule has 0 fully saturated rings. The molecule has 0 saturated carbocycles. The first-order chi connectivity index (χ1) is 9.13. The summed E-state index contributed by atoms with van der Waals surface area (Å²) in [6, 6.07) is 10.1. The maximum atomic E-state index is 11.5. The first-order valence-corrected chi connectivity index (χ1v) is 6.80. The number of cyclic esters (lactones) is 1. The van der Waals surface area contributed by atoms with Crippen LogP contribution in [0.2, 0.25) is 0 Å². The highest BCUT2D eigenvalue weighted by molar-refractivity contribution is 5.83. The summed E-state index contributed by atoms with van der Waals surface area (Å²) >= 11 is 0. The van der Waals surface area contributed by atoms with Crippen LogP contribution in [-0.4, -0.2) is 16.7 Å². The van der Waals surface area contributed by atoms with Gasteiger partial charge in [0.1, 0.15) is 11.4 Å². The van der Waals surface area contributed by atoms with E-state index in [-0.39, 0.29) is 5.76 Å². The van der Waals surface area contributed by atoms with Crippen LogP contribution in [0, 0.1) is 0 Å². The Morgan fingerprint density at radius 2 is 2.00 bits per heavy atom. The molecular formula is C16H20O3. The molecule has 19 heavy (non-hydrogen) atoms. The van der Waals surface area contributed by atoms with Gasteiger partial charge in [-0.05, 0) is 24.8 Å². The van der Waals surface area contributed by atoms with Gasteiger partial charge in [-0.3, -0.25) is 0 Å². The highest BCUT2D eigenvalue weighted by Crippen LogP contribution is 2.34. The molecule has 2 rings (SSSR count). The van der Waals surface area contributed by atoms with Crippen molar-refractivity contribution in [3.05, 3.63) is 47.7 Å². The Morgan fingerprint density at radius 3 is 2.63 bits per heavy atom. The largest absolute Gasteiger partial charge is 0.512 e. The molecule has 0 amide bonds. The molecule has 1 aromatic rings. The molecule has 3 heteroatoms. The van der Waals surface area contributed by atoms with E-state index in [1.165, 1.54) is 11.6 Å². The van der Waals surface area contributed by atoms with Gasteiger partial charge in [-0.2, -0.15) is 0 Å². The summed E-state index contributed by atoms with van der Waals surface area (Å²) < 4.78 is 5.53. The number of carbonyl (C=O) groups is 1. The second kappa shape index (κ2) is 5.91. The lowest BCUT2D eigenvalue weighted by Gasteiger charge is -2.35. The highest BCUT2D eigenvalue weighted by Gasteiger charge is 2.37. The Kier molecular flexibility index (Phi) is 4.25. The number of aliphatic hydroxyl groups is 1. The van der Waals surface area contributed by atoms with Crippen molar-refractivity contribution in [2.75, 3.05) is 0 Å². The number of benzene rings is 1. The van der Waals surface area contributed by atoms with Gasteiger partial charge >= 0.3 is 5.97 Å². The van der Waals surface area contributed by atoms with Gasteiger partial charge in [0, 0.05) is 6.42 Å². The van der Waals surface area contributed by atoms with Gasteiger partial charge in [0.15, 0.2) is 0 Å². The third kappa shape index (κ3) is 3.60. The first-order valence-electron chi connectivity index (χ1n) is 6.80. The zero-order valence-electron chi connectivity index (χ0n) is 11.3. The quantitative estimate of drug-likeness (QED) is 0.823. The zero-order valence-corrected chi connectivity index (χ0v) is 11.3. The molecular weight excluding hydrogens is 240 g/mol. The molecule has 1 heterocycles. The Morgan fingerprint density at radius 1 is 1.26 bits per heavy atom. The summed E-state index contributed by atoms with van der Waals surface area (Å²) in [5.74, 6) is -0.289. The summed E-state index contributed by atoms with van der Waals surface area (Å²) in [6.07, 6.45) is 4.91. The van der Waals surface area contributed by atoms with E-state index in [0.29, 0.717) is 6.42 Å². The number of rotatable bonds is 5. The van der Waals surface area contributed by atoms with Crippen LogP contribution >= 0.6 is 0 Å². The smallest absolute Gasteiger partial charge is 0.334 e. The molecule has 0 unspecified atom stereocenters. The molecule has 0 radical (unpaired) electrons. The third-order valence-corrected chi connectivity index (χ3v) is 3.52. The lowest BCUT2D eigenvalue weighted by molar-refractivity contribution is -0.158. The predicted octanol–water partition coefficient (Wildman–Crippen LogP) is 3.55. The minimum Gasteiger partial charge on any atom is -0.512 e. The maximum Gasteiger partial charge on any atom is 0.334 e. The van der Waals surface area contributed by atoms with E-state index in [1.54, 1.807) is 0 Å². The Balaban J connectivity index is 2.08. The van der Waals surface area contributed by atoms with Crippen LogP contribution < -0.4 is 0 Å². The second-order valence-electron chi connectivity index (χ2n) is 5.15. The standard InChI is InChI=1S/C16H20O3/c1-2-9-16(12-14(17)11-15(18)19-16)10-8-13-6-4-3-5-7-13/h3-7,11,17H,2,8-10,12H2,1H3/t16-/m0/s1. The molecule has 0 spiro atoms. The van der Waals surface area contributed by atoms with E-state index in [4.69, 9.17) is 4.74 Å². The number of ether oxygens (including phenoxy) is 1. The van der Waals surface area contributed by atoms with Crippen LogP contribution in [0.4, 0.5) is 0 Å². The fourth-order valence-electron chi connectivity index (χ4n) is 2.67. The van der Waals surface area contributed by atoms with Gasteiger partial charge in [-0.1, -0.05) is 43.7 Å². The molecule has 1 aliphatic rings. The number of aliphatic hydroxyl groups excluding tert-OH is 1. The Labute approximate surface area is 113 Å². The van der Waals surface area contributed by atoms with E-state index in [0.717, 1.165) is 25.7 Å². The van der Waals surface area contributed by atoms with Crippen LogP contribution in [0.1, 0.15) is 38.2 Å². The third-order valence-electron chi connectivity index (χ3n) is 3.52. The molecule has 0 aromatic heterocycles. The van der Waals surface area contributed by atoms with Crippen LogP contribution in [0.5, 0.6) is 0 Å². The van der Waals surface area contributed by atoms with Gasteiger partial charge < -0.3 is 9.84 Å². The first kappa shape index (κ1) is 13.7. The van der Waals surface area contributed by atoms with Crippen LogP contribution in [0.25, 0.3) is 0 Å². The molecule has 1 atom stereocenters. The van der Waals surface area contributed by atoms with Gasteiger partial charge in [0.05, 0.1) is 6.08 Å². The van der Waals surface area contributed by atoms with Gasteiger partial charge in [0.25, 0.3) is 0 Å². The fraction of sp³-hybridized carbons (Fsp3) is 0.438. The summed E-state index contributed by atoms with van der Waals surface area (Å²) in [7, 11) is 0. The van der Waals surface area contributed by atoms with E-state index in [2.05, 4.69) is 19.1 Å². The van der Waals surface area contributed by atoms with Crippen LogP contribution in [0.3, 0.4) is 0 Å². The van der Waals surface area contributed by atoms with Crippen molar-refractivity contribution in [3.63, 3.8) is 0 Å². The average molecular weight is 260 g/mol. The van der Waals surface area contributed by atoms with Crippen molar-refractivity contribution in [3.8, 4) is 0 Å². The van der Waals surface area contributed by atoms with Gasteiger partial charge in [0.2, 0.25) is 0 Å². The van der Waals surface area contributed by atoms with E-state index < -0.39 is 11.6 Å². The normalized spacial score (nSPS) is 22.8. The summed E-state index contributed by atoms with van der Waals surface area (Å²) in [5.41, 5.74) is 0.684. The van der Waals surface area contributed by atoms with Crippen LogP contribution in [0.15, 0.2) is 42.2 Å². The number of hydrogen-bond donors (Lipinski definition) is 1. The molecule has 0 aliphatic carbocycles. The highest BCUT2D eigenvalue weighted by atomic mass is 16.6. The number of hydrogen-bond acceptors (Lipinski definition) is 3. The minimum absolute atomic E-state index is 0.137. The van der Waals surface area contributed by atoms with E-state index >= 15 is 0 Å². The van der Waals surface area contributed by atoms with Gasteiger partial charge in [-0.25, -0.2) is 4.79 Å². The summed E-state index contributed by atoms with van der Waals surface area (Å²) in [6.45, 7) is 2.06. The SMILES string of the molecule is CCC[C@]1(CCc2ccccc2)CC(O)=CC(=O)O1. The predicted molar refractivity (Wildman–Crippen MR) is 73.8 cm³/mol. The molecule has 0 saturated heterocycles. The average Bonchev–Trinajstić information content (AvgIpc) is 2.37. The minimum atomic E-state index is -0.541. The Bertz CT molecular complexity index is 464. The summed E-state index contributed by atoms with van der Waals surface area (Å²) in [5, 5.41) is 9.70. The Hall–Kier alpha value is -1.77. The van der Waals surface area contributed by atoms with Crippen molar-refractivity contribution >= 4 is 5.97 Å². The molecule has 3 nitrogen and oxygen atoms in total. The lowest BCUT2D eigenvalue weighted by atomic mass is 9.85. The molecule has 1 aliphatic heterocycles. The van der Waals surface area contributed by atoms with Crippen molar-refractivity contribution in [2.45, 2.75) is 44.6 Å². The molecule has 1 N–H and O–H groups in total. The van der Waals surface area contributed by atoms with Crippen molar-refractivity contribution in [1.82, 2.24) is 0 Å². The second-order valence-corrected chi connectivity index (χ2v) is 5.15. The fourth-order valence-corrected chi connectivity index (χ4v) is 2.67. The number of aryl methyl sites for hydroxylation is 1. The van der Waals surface area contributed by atoms with Crippen molar-refractivity contribution in [1.29, 1.82) is 0 Å². The number of esters is 1. The summed E-state index contributed by atoms with van der Waals surface area (Å²) in [4.78, 5) is 11.5. The molecule has 1 aromatic carbocycles. The van der Waals surface area contributed by atoms with E-state index in [1.807, 2.05) is 18.2 Å².